The summed E-state index contributed by atoms with van der Waals surface area (Å²) in [6.45, 7) is 0. The molecule has 0 saturated carbocycles. The van der Waals surface area contributed by atoms with E-state index in [9.17, 15) is 4.79 Å². The van der Waals surface area contributed by atoms with Crippen LogP contribution in [0.15, 0.2) is 48.5 Å². The van der Waals surface area contributed by atoms with Crippen LogP contribution in [-0.2, 0) is 4.79 Å². The molecule has 2 N–H and O–H groups in total. The Balaban J connectivity index is 1.97. The van der Waals surface area contributed by atoms with Crippen LogP contribution < -0.4 is 15.4 Å². The number of nitrogens with two attached hydrogens (primary N) is 1. The lowest BCUT2D eigenvalue weighted by Crippen LogP contribution is -2.27. The van der Waals surface area contributed by atoms with E-state index in [1.54, 1.807) is 18.9 Å². The topological polar surface area (TPSA) is 55.6 Å². The van der Waals surface area contributed by atoms with E-state index in [0.717, 1.165) is 22.7 Å². The van der Waals surface area contributed by atoms with Crippen molar-refractivity contribution in [2.24, 2.45) is 0 Å². The maximum absolute atomic E-state index is 12.3. The second-order valence-corrected chi connectivity index (χ2v) is 5.86. The van der Waals surface area contributed by atoms with Gasteiger partial charge in [-0.25, -0.2) is 0 Å². The van der Waals surface area contributed by atoms with Gasteiger partial charge in [-0.2, -0.15) is 0 Å². The molecule has 1 amide bonds. The molecule has 0 aliphatic carbocycles. The van der Waals surface area contributed by atoms with Gasteiger partial charge in [0.05, 0.1) is 12.9 Å². The highest BCUT2D eigenvalue weighted by atomic mass is 32.2. The molecule has 0 unspecified atom stereocenters. The predicted molar refractivity (Wildman–Crippen MR) is 86.5 cm³/mol. The fourth-order valence-corrected chi connectivity index (χ4v) is 3.55. The predicted octanol–water partition coefficient (Wildman–Crippen LogP) is 3.06. The summed E-state index contributed by atoms with van der Waals surface area (Å²) in [4.78, 5) is 14.1. The van der Waals surface area contributed by atoms with Gasteiger partial charge < -0.3 is 10.5 Å². The number of anilines is 2. The Morgan fingerprint density at radius 1 is 1.24 bits per heavy atom. The highest BCUT2D eigenvalue weighted by Crippen LogP contribution is 2.42. The van der Waals surface area contributed by atoms with Crippen LogP contribution in [0.5, 0.6) is 5.75 Å². The molecule has 3 rings (SSSR count). The van der Waals surface area contributed by atoms with Crippen LogP contribution in [0.1, 0.15) is 10.9 Å². The van der Waals surface area contributed by atoms with Crippen molar-refractivity contribution in [3.8, 4) is 5.75 Å². The van der Waals surface area contributed by atoms with E-state index in [2.05, 4.69) is 0 Å². The van der Waals surface area contributed by atoms with Gasteiger partial charge in [0.1, 0.15) is 11.1 Å². The Kier molecular flexibility index (Phi) is 3.75. The maximum Gasteiger partial charge on any atom is 0.238 e. The van der Waals surface area contributed by atoms with Gasteiger partial charge in [-0.05, 0) is 29.8 Å². The molecule has 2 aromatic carbocycles. The summed E-state index contributed by atoms with van der Waals surface area (Å²) in [6.07, 6.45) is 0. The Morgan fingerprint density at radius 3 is 2.71 bits per heavy atom. The molecule has 108 valence electrons. The normalized spacial score (nSPS) is 18.0. The van der Waals surface area contributed by atoms with Gasteiger partial charge >= 0.3 is 0 Å². The van der Waals surface area contributed by atoms with E-state index >= 15 is 0 Å². The molecular weight excluding hydrogens is 284 g/mol. The number of thioether (sulfide) groups is 1. The molecule has 2 aromatic rings. The quantitative estimate of drug-likeness (QED) is 0.885. The Hall–Kier alpha value is -2.14. The van der Waals surface area contributed by atoms with Gasteiger partial charge in [-0.1, -0.05) is 18.2 Å². The Labute approximate surface area is 127 Å². The molecule has 1 heterocycles. The van der Waals surface area contributed by atoms with Gasteiger partial charge in [0.25, 0.3) is 0 Å². The zero-order valence-electron chi connectivity index (χ0n) is 11.7. The summed E-state index contributed by atoms with van der Waals surface area (Å²) in [5.41, 5.74) is 8.38. The summed E-state index contributed by atoms with van der Waals surface area (Å²) >= 11 is 1.62. The average Bonchev–Trinajstić information content (AvgIpc) is 2.90. The number of ether oxygens (including phenoxy) is 1. The first-order valence-corrected chi connectivity index (χ1v) is 7.67. The molecule has 0 bridgehead atoms. The SMILES string of the molecule is COc1cccc(N2C(=O)CS[C@H]2c2ccc(N)cc2)c1. The Bertz CT molecular complexity index is 658. The largest absolute Gasteiger partial charge is 0.497 e. The van der Waals surface area contributed by atoms with Crippen LogP contribution in [0.2, 0.25) is 0 Å². The number of carbonyl (C=O) groups excluding carboxylic acids is 1. The van der Waals surface area contributed by atoms with E-state index in [1.807, 2.05) is 53.4 Å². The summed E-state index contributed by atoms with van der Waals surface area (Å²) in [7, 11) is 1.62. The number of rotatable bonds is 3. The zero-order valence-corrected chi connectivity index (χ0v) is 12.5. The van der Waals surface area contributed by atoms with Crippen molar-refractivity contribution in [1.29, 1.82) is 0 Å². The summed E-state index contributed by atoms with van der Waals surface area (Å²) in [6, 6.07) is 15.2. The van der Waals surface area contributed by atoms with Crippen LogP contribution in [-0.4, -0.2) is 18.8 Å². The summed E-state index contributed by atoms with van der Waals surface area (Å²) in [5, 5.41) is -0.0230. The fourth-order valence-electron chi connectivity index (χ4n) is 2.37. The second-order valence-electron chi connectivity index (χ2n) is 4.80. The zero-order chi connectivity index (χ0) is 14.8. The number of methoxy groups -OCH3 is 1. The van der Waals surface area contributed by atoms with Crippen molar-refractivity contribution in [1.82, 2.24) is 0 Å². The number of benzene rings is 2. The second kappa shape index (κ2) is 5.69. The minimum atomic E-state index is -0.0230. The van der Waals surface area contributed by atoms with Crippen LogP contribution in [0.4, 0.5) is 11.4 Å². The Morgan fingerprint density at radius 2 is 2.00 bits per heavy atom. The molecule has 0 radical (unpaired) electrons. The third-order valence-corrected chi connectivity index (χ3v) is 4.63. The van der Waals surface area contributed by atoms with Gasteiger partial charge in [-0.3, -0.25) is 9.69 Å². The number of nitrogens with zero attached hydrogens (tertiary/aromatic N) is 1. The average molecular weight is 300 g/mol. The van der Waals surface area contributed by atoms with E-state index in [-0.39, 0.29) is 11.3 Å². The van der Waals surface area contributed by atoms with Gasteiger partial charge in [0.15, 0.2) is 0 Å². The van der Waals surface area contributed by atoms with Crippen LogP contribution in [0.3, 0.4) is 0 Å². The van der Waals surface area contributed by atoms with Crippen molar-refractivity contribution < 1.29 is 9.53 Å². The fraction of sp³-hybridized carbons (Fsp3) is 0.188. The van der Waals surface area contributed by atoms with Gasteiger partial charge in [0, 0.05) is 17.4 Å². The molecule has 0 aromatic heterocycles. The van der Waals surface area contributed by atoms with Crippen LogP contribution >= 0.6 is 11.8 Å². The van der Waals surface area contributed by atoms with Crippen molar-refractivity contribution >= 4 is 29.0 Å². The van der Waals surface area contributed by atoms with Crippen molar-refractivity contribution in [2.75, 3.05) is 23.5 Å². The lowest BCUT2D eigenvalue weighted by molar-refractivity contribution is -0.115. The molecule has 1 aliphatic heterocycles. The molecule has 4 nitrogen and oxygen atoms in total. The third kappa shape index (κ3) is 2.69. The van der Waals surface area contributed by atoms with Crippen molar-refractivity contribution in [3.05, 3.63) is 54.1 Å². The van der Waals surface area contributed by atoms with Gasteiger partial charge in [-0.15, -0.1) is 11.8 Å². The molecule has 21 heavy (non-hydrogen) atoms. The molecule has 1 aliphatic rings. The molecule has 1 saturated heterocycles. The van der Waals surface area contributed by atoms with Crippen LogP contribution in [0, 0.1) is 0 Å². The first kappa shape index (κ1) is 13.8. The lowest BCUT2D eigenvalue weighted by Gasteiger charge is -2.24. The molecule has 5 heteroatoms. The number of amides is 1. The van der Waals surface area contributed by atoms with Crippen LogP contribution in [0.25, 0.3) is 0 Å². The monoisotopic (exact) mass is 300 g/mol. The molecule has 0 spiro atoms. The van der Waals surface area contributed by atoms with E-state index in [4.69, 9.17) is 10.5 Å². The number of hydrogen-bond acceptors (Lipinski definition) is 4. The highest BCUT2D eigenvalue weighted by Gasteiger charge is 2.34. The third-order valence-electron chi connectivity index (χ3n) is 3.42. The lowest BCUT2D eigenvalue weighted by atomic mass is 10.1. The van der Waals surface area contributed by atoms with Crippen molar-refractivity contribution in [3.63, 3.8) is 0 Å². The minimum Gasteiger partial charge on any atom is -0.497 e. The van der Waals surface area contributed by atoms with E-state index in [0.29, 0.717) is 5.75 Å². The number of hydrogen-bond donors (Lipinski definition) is 1. The number of nitrogen functional groups attached to an aromatic ring is 1. The number of carbonyl (C=O) groups is 1. The first-order chi connectivity index (χ1) is 10.2. The highest BCUT2D eigenvalue weighted by molar-refractivity contribution is 8.00. The van der Waals surface area contributed by atoms with E-state index < -0.39 is 0 Å². The van der Waals surface area contributed by atoms with E-state index in [1.165, 1.54) is 0 Å². The summed E-state index contributed by atoms with van der Waals surface area (Å²) in [5.74, 6) is 1.33. The maximum atomic E-state index is 12.3. The minimum absolute atomic E-state index is 0.0230. The first-order valence-electron chi connectivity index (χ1n) is 6.62. The van der Waals surface area contributed by atoms with Crippen molar-refractivity contribution in [2.45, 2.75) is 5.37 Å². The molecule has 1 fully saturated rings. The standard InChI is InChI=1S/C16H16N2O2S/c1-20-14-4-2-3-13(9-14)18-15(19)10-21-16(18)11-5-7-12(17)8-6-11/h2-9,16H,10,17H2,1H3/t16-/m0/s1. The summed E-state index contributed by atoms with van der Waals surface area (Å²) < 4.78 is 5.25. The smallest absolute Gasteiger partial charge is 0.238 e. The van der Waals surface area contributed by atoms with Gasteiger partial charge in [0.2, 0.25) is 5.91 Å². The molecule has 1 atom stereocenters. The molecular formula is C16H16N2O2S.